The van der Waals surface area contributed by atoms with E-state index in [1.54, 1.807) is 30.3 Å². The van der Waals surface area contributed by atoms with Crippen LogP contribution in [0.2, 0.25) is 0 Å². The summed E-state index contributed by atoms with van der Waals surface area (Å²) in [6, 6.07) is 10.5. The Morgan fingerprint density at radius 3 is 2.60 bits per heavy atom. The monoisotopic (exact) mass is 339 g/mol. The van der Waals surface area contributed by atoms with Gasteiger partial charge in [-0.25, -0.2) is 4.98 Å². The lowest BCUT2D eigenvalue weighted by molar-refractivity contribution is -0.131. The van der Waals surface area contributed by atoms with Gasteiger partial charge in [0.25, 0.3) is 11.5 Å². The summed E-state index contributed by atoms with van der Waals surface area (Å²) in [7, 11) is 0. The molecule has 1 aromatic carbocycles. The van der Waals surface area contributed by atoms with Crippen molar-refractivity contribution in [2.75, 3.05) is 0 Å². The largest absolute Gasteiger partial charge is 0.378 e. The fourth-order valence-electron chi connectivity index (χ4n) is 3.30. The summed E-state index contributed by atoms with van der Waals surface area (Å²) in [6.45, 7) is 0. The van der Waals surface area contributed by atoms with Crippen LogP contribution in [0.3, 0.4) is 0 Å². The highest BCUT2D eigenvalue weighted by molar-refractivity contribution is 5.82. The Hall–Kier alpha value is -2.47. The number of carbonyl (C=O) groups excluding carboxylic acids is 1. The van der Waals surface area contributed by atoms with Crippen molar-refractivity contribution in [3.8, 4) is 0 Å². The van der Waals surface area contributed by atoms with Crippen molar-refractivity contribution in [1.82, 2.24) is 15.3 Å². The van der Waals surface area contributed by atoms with Crippen LogP contribution in [0.4, 0.5) is 0 Å². The lowest BCUT2D eigenvalue weighted by Gasteiger charge is -2.36. The number of H-pyrrole nitrogens is 1. The SMILES string of the molecule is O=C(NC1CC(c2cc(=O)[nH]c(C3CC3)n2)C1)[C@@H](O)c1ccccc1. The predicted molar refractivity (Wildman–Crippen MR) is 92.1 cm³/mol. The van der Waals surface area contributed by atoms with Crippen LogP contribution in [-0.4, -0.2) is 27.0 Å². The van der Waals surface area contributed by atoms with Crippen molar-refractivity contribution in [2.45, 2.75) is 49.7 Å². The van der Waals surface area contributed by atoms with Crippen LogP contribution in [-0.2, 0) is 4.79 Å². The number of amides is 1. The Morgan fingerprint density at radius 1 is 1.20 bits per heavy atom. The van der Waals surface area contributed by atoms with Crippen LogP contribution < -0.4 is 10.9 Å². The molecule has 1 aromatic heterocycles. The normalized spacial score (nSPS) is 23.6. The number of carbonyl (C=O) groups is 1. The zero-order valence-corrected chi connectivity index (χ0v) is 13.8. The van der Waals surface area contributed by atoms with Crippen LogP contribution in [0.25, 0.3) is 0 Å². The van der Waals surface area contributed by atoms with Crippen molar-refractivity contribution >= 4 is 5.91 Å². The van der Waals surface area contributed by atoms with Gasteiger partial charge in [0.1, 0.15) is 5.82 Å². The molecule has 0 spiro atoms. The number of hydrogen-bond acceptors (Lipinski definition) is 4. The maximum Gasteiger partial charge on any atom is 0.253 e. The number of aliphatic hydroxyl groups excluding tert-OH is 1. The molecule has 2 fully saturated rings. The van der Waals surface area contributed by atoms with E-state index in [0.29, 0.717) is 11.5 Å². The molecule has 6 nitrogen and oxygen atoms in total. The van der Waals surface area contributed by atoms with Gasteiger partial charge in [-0.15, -0.1) is 0 Å². The molecule has 2 aliphatic carbocycles. The molecule has 0 aliphatic heterocycles. The average Bonchev–Trinajstić information content (AvgIpc) is 3.42. The molecule has 25 heavy (non-hydrogen) atoms. The van der Waals surface area contributed by atoms with Gasteiger partial charge >= 0.3 is 0 Å². The van der Waals surface area contributed by atoms with Crippen molar-refractivity contribution < 1.29 is 9.90 Å². The van der Waals surface area contributed by atoms with Gasteiger partial charge in [-0.05, 0) is 31.2 Å². The van der Waals surface area contributed by atoms with Crippen molar-refractivity contribution in [3.05, 3.63) is 63.8 Å². The summed E-state index contributed by atoms with van der Waals surface area (Å²) >= 11 is 0. The molecule has 1 heterocycles. The average molecular weight is 339 g/mol. The summed E-state index contributed by atoms with van der Waals surface area (Å²) < 4.78 is 0. The second kappa shape index (κ2) is 6.44. The topological polar surface area (TPSA) is 95.1 Å². The highest BCUT2D eigenvalue weighted by Gasteiger charge is 2.35. The van der Waals surface area contributed by atoms with Gasteiger partial charge in [-0.3, -0.25) is 9.59 Å². The second-order valence-corrected chi connectivity index (χ2v) is 7.02. The van der Waals surface area contributed by atoms with Crippen molar-refractivity contribution in [3.63, 3.8) is 0 Å². The lowest BCUT2D eigenvalue weighted by Crippen LogP contribution is -2.45. The Bertz CT molecular complexity index is 823. The van der Waals surface area contributed by atoms with Gasteiger partial charge in [-0.1, -0.05) is 30.3 Å². The summed E-state index contributed by atoms with van der Waals surface area (Å²) in [4.78, 5) is 31.4. The first-order valence-electron chi connectivity index (χ1n) is 8.74. The van der Waals surface area contributed by atoms with Crippen molar-refractivity contribution in [1.29, 1.82) is 0 Å². The lowest BCUT2D eigenvalue weighted by atomic mass is 9.78. The van der Waals surface area contributed by atoms with E-state index in [1.165, 1.54) is 0 Å². The van der Waals surface area contributed by atoms with Gasteiger partial charge in [0.15, 0.2) is 6.10 Å². The molecule has 0 saturated heterocycles. The molecular weight excluding hydrogens is 318 g/mol. The Morgan fingerprint density at radius 2 is 1.92 bits per heavy atom. The van der Waals surface area contributed by atoms with Gasteiger partial charge in [0.05, 0.1) is 5.69 Å². The van der Waals surface area contributed by atoms with E-state index in [-0.39, 0.29) is 23.4 Å². The molecule has 1 atom stereocenters. The zero-order chi connectivity index (χ0) is 17.4. The molecule has 2 aromatic rings. The van der Waals surface area contributed by atoms with E-state index < -0.39 is 6.10 Å². The number of aromatic nitrogens is 2. The summed E-state index contributed by atoms with van der Waals surface area (Å²) in [5.41, 5.74) is 1.31. The molecule has 0 unspecified atom stereocenters. The molecule has 130 valence electrons. The number of aliphatic hydroxyl groups is 1. The van der Waals surface area contributed by atoms with E-state index >= 15 is 0 Å². The van der Waals surface area contributed by atoms with Crippen LogP contribution >= 0.6 is 0 Å². The van der Waals surface area contributed by atoms with E-state index in [4.69, 9.17) is 0 Å². The number of aromatic amines is 1. The van der Waals surface area contributed by atoms with Crippen LogP contribution in [0.15, 0.2) is 41.2 Å². The van der Waals surface area contributed by atoms with Crippen LogP contribution in [0.5, 0.6) is 0 Å². The maximum atomic E-state index is 12.2. The molecule has 2 aliphatic rings. The molecule has 6 heteroatoms. The number of benzene rings is 1. The van der Waals surface area contributed by atoms with E-state index in [1.807, 2.05) is 6.07 Å². The minimum Gasteiger partial charge on any atom is -0.378 e. The van der Waals surface area contributed by atoms with E-state index in [9.17, 15) is 14.7 Å². The summed E-state index contributed by atoms with van der Waals surface area (Å²) in [5.74, 6) is 1.02. The number of nitrogens with one attached hydrogen (secondary N) is 2. The highest BCUT2D eigenvalue weighted by atomic mass is 16.3. The van der Waals surface area contributed by atoms with Crippen LogP contribution in [0.1, 0.15) is 60.7 Å². The first-order valence-corrected chi connectivity index (χ1v) is 8.74. The third-order valence-electron chi connectivity index (χ3n) is 5.01. The zero-order valence-electron chi connectivity index (χ0n) is 13.8. The molecule has 3 N–H and O–H groups in total. The quantitative estimate of drug-likeness (QED) is 0.773. The van der Waals surface area contributed by atoms with Gasteiger partial charge in [0.2, 0.25) is 0 Å². The molecule has 1 amide bonds. The second-order valence-electron chi connectivity index (χ2n) is 7.02. The highest BCUT2D eigenvalue weighted by Crippen LogP contribution is 2.40. The smallest absolute Gasteiger partial charge is 0.253 e. The fourth-order valence-corrected chi connectivity index (χ4v) is 3.30. The molecular formula is C19H21N3O3. The minimum absolute atomic E-state index is 0.0151. The molecule has 0 bridgehead atoms. The molecule has 0 radical (unpaired) electrons. The first-order chi connectivity index (χ1) is 12.1. The predicted octanol–water partition coefficient (Wildman–Crippen LogP) is 1.74. The van der Waals surface area contributed by atoms with Crippen molar-refractivity contribution in [2.24, 2.45) is 0 Å². The number of rotatable bonds is 5. The Balaban J connectivity index is 1.35. The van der Waals surface area contributed by atoms with Crippen LogP contribution in [0, 0.1) is 0 Å². The standard InChI is InChI=1S/C19H21N3O3/c23-16-10-15(21-18(22-16)12-6-7-12)13-8-14(9-13)20-19(25)17(24)11-4-2-1-3-5-11/h1-5,10,12-14,17,24H,6-9H2,(H,20,25)(H,21,22,23)/t13?,14?,17-/m0/s1. The van der Waals surface area contributed by atoms with Gasteiger partial charge in [-0.2, -0.15) is 0 Å². The third kappa shape index (κ3) is 3.49. The fraction of sp³-hybridized carbons (Fsp3) is 0.421. The maximum absolute atomic E-state index is 12.2. The molecule has 2 saturated carbocycles. The van der Waals surface area contributed by atoms with Gasteiger partial charge < -0.3 is 15.4 Å². The summed E-state index contributed by atoms with van der Waals surface area (Å²) in [5, 5.41) is 13.0. The van der Waals surface area contributed by atoms with E-state index in [2.05, 4.69) is 15.3 Å². The Kier molecular flexibility index (Phi) is 4.13. The Labute approximate surface area is 145 Å². The first kappa shape index (κ1) is 16.0. The van der Waals surface area contributed by atoms with Gasteiger partial charge in [0, 0.05) is 23.9 Å². The molecule has 4 rings (SSSR count). The minimum atomic E-state index is -1.15. The van der Waals surface area contributed by atoms with E-state index in [0.717, 1.165) is 37.2 Å². The summed E-state index contributed by atoms with van der Waals surface area (Å²) in [6.07, 6.45) is 2.52. The third-order valence-corrected chi connectivity index (χ3v) is 5.01. The number of hydrogen-bond donors (Lipinski definition) is 3. The number of nitrogens with zero attached hydrogens (tertiary/aromatic N) is 1.